The van der Waals surface area contributed by atoms with E-state index < -0.39 is 0 Å². The largest absolute Gasteiger partial charge is 0.452 e. The van der Waals surface area contributed by atoms with Crippen LogP contribution >= 0.6 is 0 Å². The molecule has 4 aromatic heterocycles. The van der Waals surface area contributed by atoms with E-state index in [4.69, 9.17) is 14.4 Å². The molecular formula is C66H40N4O. The van der Waals surface area contributed by atoms with E-state index >= 15 is 0 Å². The molecule has 71 heavy (non-hydrogen) atoms. The normalized spacial score (nSPS) is 11.9. The maximum absolute atomic E-state index is 6.73. The predicted molar refractivity (Wildman–Crippen MR) is 295 cm³/mol. The predicted octanol–water partition coefficient (Wildman–Crippen LogP) is 17.5. The van der Waals surface area contributed by atoms with E-state index in [2.05, 4.69) is 215 Å². The molecule has 0 aliphatic carbocycles. The number of aromatic nitrogens is 4. The van der Waals surface area contributed by atoms with Crippen molar-refractivity contribution in [3.8, 4) is 56.3 Å². The molecule has 0 aliphatic rings. The Balaban J connectivity index is 0.963. The molecule has 0 N–H and O–H groups in total. The van der Waals surface area contributed by atoms with Gasteiger partial charge in [0.2, 0.25) is 0 Å². The second-order valence-corrected chi connectivity index (χ2v) is 18.5. The zero-order chi connectivity index (χ0) is 46.6. The van der Waals surface area contributed by atoms with Crippen LogP contribution in [0.15, 0.2) is 247 Å². The minimum Gasteiger partial charge on any atom is -0.452 e. The number of para-hydroxylation sites is 2. The molecule has 4 heterocycles. The number of benzene rings is 11. The molecule has 15 rings (SSSR count). The molecule has 0 fully saturated rings. The molecule has 0 radical (unpaired) electrons. The Morgan fingerprint density at radius 3 is 1.59 bits per heavy atom. The van der Waals surface area contributed by atoms with Crippen molar-refractivity contribution in [2.75, 3.05) is 0 Å². The summed E-state index contributed by atoms with van der Waals surface area (Å²) in [5.74, 6) is 0.659. The summed E-state index contributed by atoms with van der Waals surface area (Å²) < 4.78 is 11.6. The Bertz CT molecular complexity index is 4620. The van der Waals surface area contributed by atoms with Crippen LogP contribution < -0.4 is 0 Å². The number of nitrogens with zero attached hydrogens (tertiary/aromatic N) is 4. The highest BCUT2D eigenvalue weighted by molar-refractivity contribution is 6.16. The molecule has 11 aromatic carbocycles. The van der Waals surface area contributed by atoms with E-state index in [-0.39, 0.29) is 0 Å². The number of hydrogen-bond donors (Lipinski definition) is 0. The molecule has 0 atom stereocenters. The van der Waals surface area contributed by atoms with E-state index in [1.54, 1.807) is 0 Å². The molecule has 0 bridgehead atoms. The maximum Gasteiger partial charge on any atom is 0.180 e. The fraction of sp³-hybridized carbons (Fsp3) is 0. The highest BCUT2D eigenvalue weighted by atomic mass is 16.3. The number of furan rings is 1. The molecule has 0 saturated heterocycles. The second-order valence-electron chi connectivity index (χ2n) is 18.5. The minimum atomic E-state index is 0.659. The molecule has 15 aromatic rings. The van der Waals surface area contributed by atoms with E-state index in [1.807, 2.05) is 36.4 Å². The average molecular weight is 905 g/mol. The van der Waals surface area contributed by atoms with Crippen molar-refractivity contribution >= 4 is 87.2 Å². The summed E-state index contributed by atoms with van der Waals surface area (Å²) in [6.45, 7) is 0. The van der Waals surface area contributed by atoms with Crippen molar-refractivity contribution in [3.63, 3.8) is 0 Å². The Morgan fingerprint density at radius 2 is 0.859 bits per heavy atom. The molecule has 5 nitrogen and oxygen atoms in total. The van der Waals surface area contributed by atoms with E-state index in [0.29, 0.717) is 11.4 Å². The van der Waals surface area contributed by atoms with Crippen molar-refractivity contribution in [1.29, 1.82) is 0 Å². The van der Waals surface area contributed by atoms with Gasteiger partial charge >= 0.3 is 0 Å². The third-order valence-electron chi connectivity index (χ3n) is 14.5. The van der Waals surface area contributed by atoms with Gasteiger partial charge in [0.1, 0.15) is 16.8 Å². The van der Waals surface area contributed by atoms with Gasteiger partial charge in [0, 0.05) is 49.3 Å². The fourth-order valence-electron chi connectivity index (χ4n) is 11.1. The summed E-state index contributed by atoms with van der Waals surface area (Å²) in [6, 6.07) is 87.2. The van der Waals surface area contributed by atoms with Gasteiger partial charge < -0.3 is 13.6 Å². The van der Waals surface area contributed by atoms with Crippen LogP contribution in [-0.2, 0) is 0 Å². The summed E-state index contributed by atoms with van der Waals surface area (Å²) in [5.41, 5.74) is 16.4. The third kappa shape index (κ3) is 6.20. The van der Waals surface area contributed by atoms with Gasteiger partial charge in [-0.05, 0) is 117 Å². The first kappa shape index (κ1) is 39.4. The average Bonchev–Trinajstić information content (AvgIpc) is 4.09. The zero-order valence-electron chi connectivity index (χ0n) is 38.3. The van der Waals surface area contributed by atoms with Gasteiger partial charge in [-0.2, -0.15) is 0 Å². The van der Waals surface area contributed by atoms with Crippen LogP contribution in [0.1, 0.15) is 0 Å². The van der Waals surface area contributed by atoms with Gasteiger partial charge in [-0.25, -0.2) is 9.97 Å². The summed E-state index contributed by atoms with van der Waals surface area (Å²) in [6.07, 6.45) is 0. The number of rotatable bonds is 6. The van der Waals surface area contributed by atoms with Crippen LogP contribution in [0.4, 0.5) is 0 Å². The van der Waals surface area contributed by atoms with E-state index in [9.17, 15) is 0 Å². The van der Waals surface area contributed by atoms with Crippen LogP contribution in [0.5, 0.6) is 0 Å². The smallest absolute Gasteiger partial charge is 0.180 e. The SMILES string of the molecule is c1ccc(-c2nc(-c3ccccc3)c3oc4ccc(-c5cc6ccccc6cc5-n5c6ccc(-c7ccc8c(c7)c7ccccc7n8-c7ccccc7)cc6c6cc7ccccc7cc65)cc4c3n2)cc1. The van der Waals surface area contributed by atoms with Crippen molar-refractivity contribution < 1.29 is 4.42 Å². The molecule has 5 heteroatoms. The number of fused-ring (bicyclic) bond motifs is 11. The Hall–Kier alpha value is -9.58. The molecule has 0 unspecified atom stereocenters. The highest BCUT2D eigenvalue weighted by Crippen LogP contribution is 2.44. The first-order chi connectivity index (χ1) is 35.2. The Labute approximate surface area is 407 Å². The number of hydrogen-bond acceptors (Lipinski definition) is 3. The zero-order valence-corrected chi connectivity index (χ0v) is 38.3. The lowest BCUT2D eigenvalue weighted by atomic mass is 9.97. The Kier molecular flexibility index (Phi) is 8.59. The topological polar surface area (TPSA) is 48.8 Å². The van der Waals surface area contributed by atoms with Crippen LogP contribution in [0.2, 0.25) is 0 Å². The van der Waals surface area contributed by atoms with E-state index in [1.165, 1.54) is 65.3 Å². The lowest BCUT2D eigenvalue weighted by Crippen LogP contribution is -1.98. The minimum absolute atomic E-state index is 0.659. The molecule has 0 saturated carbocycles. The first-order valence-corrected chi connectivity index (χ1v) is 24.1. The van der Waals surface area contributed by atoms with Gasteiger partial charge in [0.15, 0.2) is 11.4 Å². The molecule has 330 valence electrons. The van der Waals surface area contributed by atoms with Crippen LogP contribution in [-0.4, -0.2) is 19.1 Å². The van der Waals surface area contributed by atoms with Gasteiger partial charge in [-0.15, -0.1) is 0 Å². The van der Waals surface area contributed by atoms with Crippen molar-refractivity contribution in [2.45, 2.75) is 0 Å². The lowest BCUT2D eigenvalue weighted by Gasteiger charge is -2.16. The lowest BCUT2D eigenvalue weighted by molar-refractivity contribution is 0.667. The molecule has 0 spiro atoms. The van der Waals surface area contributed by atoms with Crippen molar-refractivity contribution in [2.24, 2.45) is 0 Å². The summed E-state index contributed by atoms with van der Waals surface area (Å²) >= 11 is 0. The van der Waals surface area contributed by atoms with Crippen LogP contribution in [0, 0.1) is 0 Å². The second kappa shape index (κ2) is 15.5. The van der Waals surface area contributed by atoms with Crippen molar-refractivity contribution in [1.82, 2.24) is 19.1 Å². The Morgan fingerprint density at radius 1 is 0.324 bits per heavy atom. The quantitative estimate of drug-likeness (QED) is 0.167. The van der Waals surface area contributed by atoms with Gasteiger partial charge in [0.25, 0.3) is 0 Å². The van der Waals surface area contributed by atoms with Crippen LogP contribution in [0.25, 0.3) is 143 Å². The summed E-state index contributed by atoms with van der Waals surface area (Å²) in [5, 5.41) is 10.6. The standard InChI is InChI=1S/C66H40N4O/c1-4-16-41(17-5-1)63-65-64(68-66(67-63)42-18-6-2-7-19-42)56-38-49(30-33-62(56)71-65)52-34-43-20-10-12-22-45(43)39-60(52)70-59-32-29-48(37-54(59)55-35-44-21-11-13-23-46(44)40-61(55)70)47-28-31-58-53(36-47)51-26-14-15-27-57(51)69(58)50-24-8-3-9-25-50/h1-40H. The maximum atomic E-state index is 6.73. The molecule has 0 aliphatic heterocycles. The van der Waals surface area contributed by atoms with E-state index in [0.717, 1.165) is 66.8 Å². The van der Waals surface area contributed by atoms with Crippen molar-refractivity contribution in [3.05, 3.63) is 243 Å². The third-order valence-corrected chi connectivity index (χ3v) is 14.5. The molecular weight excluding hydrogens is 865 g/mol. The summed E-state index contributed by atoms with van der Waals surface area (Å²) in [7, 11) is 0. The monoisotopic (exact) mass is 904 g/mol. The summed E-state index contributed by atoms with van der Waals surface area (Å²) in [4.78, 5) is 10.4. The van der Waals surface area contributed by atoms with Gasteiger partial charge in [-0.3, -0.25) is 0 Å². The first-order valence-electron chi connectivity index (χ1n) is 24.1. The van der Waals surface area contributed by atoms with Gasteiger partial charge in [-0.1, -0.05) is 164 Å². The van der Waals surface area contributed by atoms with Gasteiger partial charge in [0.05, 0.1) is 27.8 Å². The fourth-order valence-corrected chi connectivity index (χ4v) is 11.1. The van der Waals surface area contributed by atoms with Crippen LogP contribution in [0.3, 0.4) is 0 Å². The molecule has 0 amide bonds. The highest BCUT2D eigenvalue weighted by Gasteiger charge is 2.22.